The highest BCUT2D eigenvalue weighted by atomic mass is 35.5. The maximum atomic E-state index is 13.3. The van der Waals surface area contributed by atoms with Crippen LogP contribution in [-0.2, 0) is 9.53 Å². The third-order valence-electron chi connectivity index (χ3n) is 5.37. The lowest BCUT2D eigenvalue weighted by atomic mass is 10.1. The monoisotopic (exact) mass is 488 g/mol. The Morgan fingerprint density at radius 2 is 2.00 bits per heavy atom. The van der Waals surface area contributed by atoms with Crippen LogP contribution in [0.25, 0.3) is 16.3 Å². The molecule has 1 amide bonds. The zero-order chi connectivity index (χ0) is 23.4. The van der Waals surface area contributed by atoms with Gasteiger partial charge in [-0.25, -0.2) is 4.98 Å². The molecule has 174 valence electrons. The molecule has 1 fully saturated rings. The number of benzene rings is 2. The lowest BCUT2D eigenvalue weighted by molar-refractivity contribution is -0.114. The Balaban J connectivity index is 1.65. The molecule has 0 bridgehead atoms. The molecule has 0 N–H and O–H groups in total. The van der Waals surface area contributed by atoms with E-state index in [1.54, 1.807) is 50.5 Å². The van der Waals surface area contributed by atoms with E-state index in [0.29, 0.717) is 46.1 Å². The second-order valence-electron chi connectivity index (χ2n) is 7.46. The molecule has 3 aromatic rings. The molecule has 9 heteroatoms. The van der Waals surface area contributed by atoms with E-state index in [-0.39, 0.29) is 12.0 Å². The van der Waals surface area contributed by atoms with Crippen molar-refractivity contribution in [2.45, 2.75) is 18.9 Å². The quantitative estimate of drug-likeness (QED) is 0.406. The van der Waals surface area contributed by atoms with Gasteiger partial charge in [-0.15, -0.1) is 0 Å². The molecule has 0 spiro atoms. The molecule has 7 nitrogen and oxygen atoms in total. The first-order valence-electron chi connectivity index (χ1n) is 10.5. The highest BCUT2D eigenvalue weighted by molar-refractivity contribution is 7.22. The van der Waals surface area contributed by atoms with Crippen molar-refractivity contribution >= 4 is 50.3 Å². The van der Waals surface area contributed by atoms with Crippen molar-refractivity contribution in [1.29, 1.82) is 0 Å². The fourth-order valence-corrected chi connectivity index (χ4v) is 5.01. The van der Waals surface area contributed by atoms with Gasteiger partial charge in [-0.1, -0.05) is 29.0 Å². The number of carbonyl (C=O) groups excluding carboxylic acids is 1. The van der Waals surface area contributed by atoms with E-state index in [4.69, 9.17) is 30.5 Å². The molecular formula is C24H25ClN2O5S. The average Bonchev–Trinajstić information content (AvgIpc) is 3.50. The minimum absolute atomic E-state index is 0.0222. The number of nitrogens with zero attached hydrogens (tertiary/aromatic N) is 2. The second kappa shape index (κ2) is 10.4. The maximum Gasteiger partial charge on any atom is 0.252 e. The number of ether oxygens (including phenoxy) is 4. The molecule has 1 aromatic heterocycles. The van der Waals surface area contributed by atoms with Crippen LogP contribution < -0.4 is 19.1 Å². The number of fused-ring (bicyclic) bond motifs is 1. The zero-order valence-corrected chi connectivity index (χ0v) is 20.2. The molecule has 0 radical (unpaired) electrons. The first-order chi connectivity index (χ1) is 16.0. The molecule has 33 heavy (non-hydrogen) atoms. The van der Waals surface area contributed by atoms with E-state index in [2.05, 4.69) is 4.98 Å². The van der Waals surface area contributed by atoms with Crippen LogP contribution in [0.2, 0.25) is 5.02 Å². The molecule has 1 aliphatic heterocycles. The van der Waals surface area contributed by atoms with Gasteiger partial charge in [0.1, 0.15) is 5.52 Å². The van der Waals surface area contributed by atoms with Gasteiger partial charge >= 0.3 is 0 Å². The number of anilines is 1. The van der Waals surface area contributed by atoms with Crippen molar-refractivity contribution in [2.24, 2.45) is 0 Å². The fourth-order valence-electron chi connectivity index (χ4n) is 3.73. The Bertz CT molecular complexity index is 1150. The molecule has 1 unspecified atom stereocenters. The fraction of sp³-hybridized carbons (Fsp3) is 0.333. The van der Waals surface area contributed by atoms with Gasteiger partial charge in [0.15, 0.2) is 16.6 Å². The molecule has 0 saturated carbocycles. The van der Waals surface area contributed by atoms with E-state index in [0.717, 1.165) is 23.1 Å². The van der Waals surface area contributed by atoms with Gasteiger partial charge in [-0.2, -0.15) is 0 Å². The number of aromatic nitrogens is 1. The number of halogens is 1. The van der Waals surface area contributed by atoms with Crippen LogP contribution in [0.3, 0.4) is 0 Å². The maximum absolute atomic E-state index is 13.3. The van der Waals surface area contributed by atoms with Crippen molar-refractivity contribution in [3.8, 4) is 17.2 Å². The highest BCUT2D eigenvalue weighted by Gasteiger charge is 2.25. The van der Waals surface area contributed by atoms with Gasteiger partial charge in [0.2, 0.25) is 5.75 Å². The molecule has 1 saturated heterocycles. The van der Waals surface area contributed by atoms with Crippen LogP contribution in [0.4, 0.5) is 5.13 Å². The normalized spacial score (nSPS) is 15.8. The number of para-hydroxylation sites is 1. The van der Waals surface area contributed by atoms with E-state index in [9.17, 15) is 4.79 Å². The summed E-state index contributed by atoms with van der Waals surface area (Å²) >= 11 is 7.75. The minimum atomic E-state index is -0.200. The summed E-state index contributed by atoms with van der Waals surface area (Å²) in [6.45, 7) is 1.13. The first-order valence-corrected chi connectivity index (χ1v) is 11.7. The number of rotatable bonds is 8. The van der Waals surface area contributed by atoms with Crippen LogP contribution in [-0.4, -0.2) is 51.5 Å². The number of thiazole rings is 1. The summed E-state index contributed by atoms with van der Waals surface area (Å²) in [5.74, 6) is 1.33. The molecular weight excluding hydrogens is 464 g/mol. The Labute approximate surface area is 201 Å². The van der Waals surface area contributed by atoms with Gasteiger partial charge in [0.25, 0.3) is 5.91 Å². The molecule has 2 heterocycles. The SMILES string of the molecule is COc1cc(/C=C/C(=O)N(CC2CCCO2)c2nc3c(Cl)cccc3s2)cc(OC)c1OC. The summed E-state index contributed by atoms with van der Waals surface area (Å²) in [7, 11) is 4.65. The van der Waals surface area contributed by atoms with E-state index in [1.807, 2.05) is 12.1 Å². The summed E-state index contributed by atoms with van der Waals surface area (Å²) in [5, 5.41) is 1.15. The van der Waals surface area contributed by atoms with Crippen molar-refractivity contribution in [1.82, 2.24) is 4.98 Å². The lowest BCUT2D eigenvalue weighted by Gasteiger charge is -2.21. The summed E-state index contributed by atoms with van der Waals surface area (Å²) in [4.78, 5) is 19.6. The highest BCUT2D eigenvalue weighted by Crippen LogP contribution is 2.38. The van der Waals surface area contributed by atoms with Crippen LogP contribution in [0, 0.1) is 0 Å². The van der Waals surface area contributed by atoms with Crippen LogP contribution in [0.5, 0.6) is 17.2 Å². The predicted octanol–water partition coefficient (Wildman–Crippen LogP) is 5.20. The molecule has 0 aliphatic carbocycles. The Hall–Kier alpha value is -2.81. The van der Waals surface area contributed by atoms with Crippen molar-refractivity contribution in [3.05, 3.63) is 47.0 Å². The molecule has 4 rings (SSSR count). The number of hydrogen-bond acceptors (Lipinski definition) is 7. The van der Waals surface area contributed by atoms with Crippen LogP contribution >= 0.6 is 22.9 Å². The predicted molar refractivity (Wildman–Crippen MR) is 131 cm³/mol. The number of carbonyl (C=O) groups is 1. The van der Waals surface area contributed by atoms with Gasteiger partial charge < -0.3 is 18.9 Å². The molecule has 2 aromatic carbocycles. The van der Waals surface area contributed by atoms with E-state index < -0.39 is 0 Å². The summed E-state index contributed by atoms with van der Waals surface area (Å²) in [5.41, 5.74) is 1.43. The van der Waals surface area contributed by atoms with Gasteiger partial charge in [0, 0.05) is 12.7 Å². The Kier molecular flexibility index (Phi) is 7.37. The standard InChI is InChI=1S/C24H25ClN2O5S/c1-29-18-12-15(13-19(30-2)23(18)31-3)9-10-21(28)27(14-16-6-5-11-32-16)24-26-22-17(25)7-4-8-20(22)33-24/h4,7-10,12-13,16H,5-6,11,14H2,1-3H3/b10-9+. The van der Waals surface area contributed by atoms with Crippen molar-refractivity contribution in [3.63, 3.8) is 0 Å². The van der Waals surface area contributed by atoms with E-state index in [1.165, 1.54) is 17.4 Å². The Morgan fingerprint density at radius 3 is 2.61 bits per heavy atom. The number of methoxy groups -OCH3 is 3. The molecule has 1 atom stereocenters. The lowest BCUT2D eigenvalue weighted by Crippen LogP contribution is -2.36. The minimum Gasteiger partial charge on any atom is -0.493 e. The van der Waals surface area contributed by atoms with Gasteiger partial charge in [-0.3, -0.25) is 9.69 Å². The number of amides is 1. The van der Waals surface area contributed by atoms with Crippen molar-refractivity contribution < 1.29 is 23.7 Å². The zero-order valence-electron chi connectivity index (χ0n) is 18.7. The number of hydrogen-bond donors (Lipinski definition) is 0. The van der Waals surface area contributed by atoms with E-state index >= 15 is 0 Å². The third kappa shape index (κ3) is 5.08. The first kappa shape index (κ1) is 23.4. The summed E-state index contributed by atoms with van der Waals surface area (Å²) < 4.78 is 22.9. The smallest absolute Gasteiger partial charge is 0.252 e. The summed E-state index contributed by atoms with van der Waals surface area (Å²) in [6.07, 6.45) is 5.11. The molecule has 1 aliphatic rings. The largest absolute Gasteiger partial charge is 0.493 e. The summed E-state index contributed by atoms with van der Waals surface area (Å²) in [6, 6.07) is 9.19. The topological polar surface area (TPSA) is 70.1 Å². The third-order valence-corrected chi connectivity index (χ3v) is 6.72. The van der Waals surface area contributed by atoms with Gasteiger partial charge in [0.05, 0.1) is 43.7 Å². The second-order valence-corrected chi connectivity index (χ2v) is 8.88. The average molecular weight is 489 g/mol. The van der Waals surface area contributed by atoms with Crippen LogP contribution in [0.1, 0.15) is 18.4 Å². The van der Waals surface area contributed by atoms with Crippen molar-refractivity contribution in [2.75, 3.05) is 39.4 Å². The van der Waals surface area contributed by atoms with Crippen LogP contribution in [0.15, 0.2) is 36.4 Å². The Morgan fingerprint density at radius 1 is 1.24 bits per heavy atom. The van der Waals surface area contributed by atoms with Gasteiger partial charge in [-0.05, 0) is 48.7 Å².